The van der Waals surface area contributed by atoms with E-state index in [9.17, 15) is 4.79 Å². The number of benzene rings is 1. The number of pyridine rings is 1. The van der Waals surface area contributed by atoms with Gasteiger partial charge >= 0.3 is 0 Å². The Morgan fingerprint density at radius 1 is 1.11 bits per heavy atom. The van der Waals surface area contributed by atoms with Crippen LogP contribution in [0.2, 0.25) is 0 Å². The molecule has 0 amide bonds. The fourth-order valence-electron chi connectivity index (χ4n) is 1.95. The lowest BCUT2D eigenvalue weighted by Crippen LogP contribution is -2.07. The molecule has 0 atom stereocenters. The number of carbonyl (C=O) groups is 1. The third-order valence-corrected chi connectivity index (χ3v) is 3.03. The van der Waals surface area contributed by atoms with Crippen LogP contribution in [0.3, 0.4) is 0 Å². The highest BCUT2D eigenvalue weighted by Gasteiger charge is 2.10. The van der Waals surface area contributed by atoms with Gasteiger partial charge < -0.3 is 0 Å². The van der Waals surface area contributed by atoms with E-state index in [2.05, 4.69) is 23.2 Å². The monoisotopic (exact) mass is 239 g/mol. The fraction of sp³-hybridized carbons (Fsp3) is 0.250. The molecule has 0 aliphatic carbocycles. The van der Waals surface area contributed by atoms with Crippen molar-refractivity contribution in [3.8, 4) is 0 Å². The van der Waals surface area contributed by atoms with Gasteiger partial charge in [0, 0.05) is 12.1 Å². The Kier molecular flexibility index (Phi) is 3.56. The van der Waals surface area contributed by atoms with Crippen LogP contribution >= 0.6 is 0 Å². The number of hydrogen-bond acceptors (Lipinski definition) is 2. The summed E-state index contributed by atoms with van der Waals surface area (Å²) in [7, 11) is 0. The molecule has 0 bridgehead atoms. The van der Waals surface area contributed by atoms with Gasteiger partial charge in [0.25, 0.3) is 0 Å². The molecule has 0 saturated carbocycles. The Morgan fingerprint density at radius 3 is 2.61 bits per heavy atom. The number of hydrogen-bond donors (Lipinski definition) is 0. The van der Waals surface area contributed by atoms with Crippen LogP contribution < -0.4 is 0 Å². The van der Waals surface area contributed by atoms with Gasteiger partial charge in [-0.15, -0.1) is 0 Å². The summed E-state index contributed by atoms with van der Waals surface area (Å²) in [5.74, 6) is 0.0763. The van der Waals surface area contributed by atoms with Gasteiger partial charge in [-0.1, -0.05) is 29.8 Å². The summed E-state index contributed by atoms with van der Waals surface area (Å²) >= 11 is 0. The molecule has 0 spiro atoms. The number of rotatable bonds is 3. The molecule has 0 fully saturated rings. The van der Waals surface area contributed by atoms with Crippen molar-refractivity contribution in [3.05, 3.63) is 64.5 Å². The van der Waals surface area contributed by atoms with Crippen molar-refractivity contribution >= 4 is 5.78 Å². The predicted octanol–water partition coefficient (Wildman–Crippen LogP) is 3.43. The molecule has 0 unspecified atom stereocenters. The van der Waals surface area contributed by atoms with Gasteiger partial charge in [-0.2, -0.15) is 0 Å². The number of aryl methyl sites for hydroxylation is 3. The average molecular weight is 239 g/mol. The summed E-state index contributed by atoms with van der Waals surface area (Å²) in [6.07, 6.45) is 0.421. The molecule has 1 heterocycles. The molecule has 0 aliphatic heterocycles. The lowest BCUT2D eigenvalue weighted by atomic mass is 9.99. The van der Waals surface area contributed by atoms with E-state index in [1.165, 1.54) is 5.56 Å². The largest absolute Gasteiger partial charge is 0.292 e. The number of Topliss-reactive ketones (excluding diaryl/α,β-unsaturated/α-hetero) is 1. The van der Waals surface area contributed by atoms with E-state index in [4.69, 9.17) is 0 Å². The Labute approximate surface area is 108 Å². The molecule has 2 aromatic rings. The maximum Gasteiger partial charge on any atom is 0.185 e. The van der Waals surface area contributed by atoms with Crippen LogP contribution in [0.5, 0.6) is 0 Å². The summed E-state index contributed by atoms with van der Waals surface area (Å²) in [5, 5.41) is 0. The summed E-state index contributed by atoms with van der Waals surface area (Å²) < 4.78 is 0. The third-order valence-electron chi connectivity index (χ3n) is 3.03. The molecule has 2 rings (SSSR count). The third kappa shape index (κ3) is 2.83. The van der Waals surface area contributed by atoms with E-state index in [0.29, 0.717) is 12.1 Å². The maximum absolute atomic E-state index is 12.2. The van der Waals surface area contributed by atoms with E-state index >= 15 is 0 Å². The zero-order valence-electron chi connectivity index (χ0n) is 11.0. The summed E-state index contributed by atoms with van der Waals surface area (Å²) in [4.78, 5) is 16.4. The SMILES string of the molecule is Cc1ccc(C)c(CC(=O)c2cccc(C)n2)c1. The summed E-state index contributed by atoms with van der Waals surface area (Å²) in [6.45, 7) is 5.97. The van der Waals surface area contributed by atoms with E-state index in [-0.39, 0.29) is 5.78 Å². The highest BCUT2D eigenvalue weighted by atomic mass is 16.1. The van der Waals surface area contributed by atoms with Crippen molar-refractivity contribution < 1.29 is 4.79 Å². The van der Waals surface area contributed by atoms with E-state index < -0.39 is 0 Å². The quantitative estimate of drug-likeness (QED) is 0.768. The highest BCUT2D eigenvalue weighted by Crippen LogP contribution is 2.13. The molecule has 1 aromatic carbocycles. The molecule has 92 valence electrons. The minimum absolute atomic E-state index is 0.0763. The zero-order chi connectivity index (χ0) is 13.1. The molecule has 0 aliphatic rings. The number of ketones is 1. The van der Waals surface area contributed by atoms with Crippen molar-refractivity contribution in [2.24, 2.45) is 0 Å². The Hall–Kier alpha value is -1.96. The minimum Gasteiger partial charge on any atom is -0.292 e. The first-order valence-electron chi connectivity index (χ1n) is 6.09. The first-order valence-corrected chi connectivity index (χ1v) is 6.09. The number of aromatic nitrogens is 1. The molecule has 1 aromatic heterocycles. The predicted molar refractivity (Wildman–Crippen MR) is 72.9 cm³/mol. The molecule has 2 heteroatoms. The lowest BCUT2D eigenvalue weighted by Gasteiger charge is -2.06. The molecular weight excluding hydrogens is 222 g/mol. The van der Waals surface area contributed by atoms with Crippen LogP contribution in [0.1, 0.15) is 32.9 Å². The van der Waals surface area contributed by atoms with Crippen LogP contribution in [0.25, 0.3) is 0 Å². The van der Waals surface area contributed by atoms with Gasteiger partial charge in [0.15, 0.2) is 5.78 Å². The van der Waals surface area contributed by atoms with Crippen molar-refractivity contribution in [3.63, 3.8) is 0 Å². The molecule has 0 saturated heterocycles. The van der Waals surface area contributed by atoms with Gasteiger partial charge in [-0.25, -0.2) is 0 Å². The van der Waals surface area contributed by atoms with Crippen LogP contribution in [0.4, 0.5) is 0 Å². The molecule has 18 heavy (non-hydrogen) atoms. The lowest BCUT2D eigenvalue weighted by molar-refractivity contribution is 0.0988. The summed E-state index contributed by atoms with van der Waals surface area (Å²) in [5.41, 5.74) is 4.85. The molecule has 0 N–H and O–H groups in total. The van der Waals surface area contributed by atoms with Crippen molar-refractivity contribution in [2.75, 3.05) is 0 Å². The fourth-order valence-corrected chi connectivity index (χ4v) is 1.95. The highest BCUT2D eigenvalue weighted by molar-refractivity contribution is 5.95. The van der Waals surface area contributed by atoms with E-state index in [1.54, 1.807) is 6.07 Å². The van der Waals surface area contributed by atoms with Crippen LogP contribution in [-0.2, 0) is 6.42 Å². The number of carbonyl (C=O) groups excluding carboxylic acids is 1. The van der Waals surface area contributed by atoms with Crippen molar-refractivity contribution in [2.45, 2.75) is 27.2 Å². The average Bonchev–Trinajstić information content (AvgIpc) is 2.34. The van der Waals surface area contributed by atoms with Gasteiger partial charge in [-0.3, -0.25) is 9.78 Å². The van der Waals surface area contributed by atoms with Gasteiger partial charge in [-0.05, 0) is 44.0 Å². The van der Waals surface area contributed by atoms with E-state index in [0.717, 1.165) is 16.8 Å². The Balaban J connectivity index is 2.24. The first-order chi connectivity index (χ1) is 8.56. The Bertz CT molecular complexity index is 587. The van der Waals surface area contributed by atoms with Crippen LogP contribution in [0, 0.1) is 20.8 Å². The van der Waals surface area contributed by atoms with Gasteiger partial charge in [0.1, 0.15) is 5.69 Å². The normalized spacial score (nSPS) is 10.4. The maximum atomic E-state index is 12.2. The Morgan fingerprint density at radius 2 is 1.89 bits per heavy atom. The van der Waals surface area contributed by atoms with Crippen molar-refractivity contribution in [1.29, 1.82) is 0 Å². The van der Waals surface area contributed by atoms with E-state index in [1.807, 2.05) is 32.9 Å². The number of nitrogens with zero attached hydrogens (tertiary/aromatic N) is 1. The topological polar surface area (TPSA) is 30.0 Å². The van der Waals surface area contributed by atoms with Crippen LogP contribution in [0.15, 0.2) is 36.4 Å². The van der Waals surface area contributed by atoms with Crippen LogP contribution in [-0.4, -0.2) is 10.8 Å². The second-order valence-electron chi connectivity index (χ2n) is 4.69. The van der Waals surface area contributed by atoms with Crippen molar-refractivity contribution in [1.82, 2.24) is 4.98 Å². The van der Waals surface area contributed by atoms with Gasteiger partial charge in [0.2, 0.25) is 0 Å². The first kappa shape index (κ1) is 12.5. The second kappa shape index (κ2) is 5.13. The smallest absolute Gasteiger partial charge is 0.185 e. The summed E-state index contributed by atoms with van der Waals surface area (Å²) in [6, 6.07) is 11.7. The van der Waals surface area contributed by atoms with Gasteiger partial charge in [0.05, 0.1) is 0 Å². The minimum atomic E-state index is 0.0763. The molecule has 0 radical (unpaired) electrons. The molecule has 2 nitrogen and oxygen atoms in total. The second-order valence-corrected chi connectivity index (χ2v) is 4.69. The zero-order valence-corrected chi connectivity index (χ0v) is 11.0. The standard InChI is InChI=1S/C16H17NO/c1-11-7-8-12(2)14(9-11)10-16(18)15-6-4-5-13(3)17-15/h4-9H,10H2,1-3H3. The molecular formula is C16H17NO.